The van der Waals surface area contributed by atoms with Gasteiger partial charge in [0, 0.05) is 31.8 Å². The van der Waals surface area contributed by atoms with Crippen LogP contribution in [0, 0.1) is 10.1 Å². The van der Waals surface area contributed by atoms with E-state index in [2.05, 4.69) is 20.3 Å². The van der Waals surface area contributed by atoms with E-state index in [1.165, 1.54) is 18.2 Å². The zero-order chi connectivity index (χ0) is 17.3. The molecule has 0 saturated heterocycles. The molecule has 9 nitrogen and oxygen atoms in total. The van der Waals surface area contributed by atoms with E-state index in [1.54, 1.807) is 0 Å². The first-order valence-electron chi connectivity index (χ1n) is 7.17. The van der Waals surface area contributed by atoms with Crippen molar-refractivity contribution in [2.75, 3.05) is 26.2 Å². The summed E-state index contributed by atoms with van der Waals surface area (Å²) in [5, 5.41) is 16.7. The van der Waals surface area contributed by atoms with Crippen LogP contribution >= 0.6 is 0 Å². The number of hydrogen-bond donors (Lipinski definition) is 3. The number of guanidine groups is 1. The van der Waals surface area contributed by atoms with Gasteiger partial charge in [-0.2, -0.15) is 0 Å². The number of hydrogen-bond acceptors (Lipinski definition) is 5. The second-order valence-corrected chi connectivity index (χ2v) is 6.21. The third kappa shape index (κ3) is 6.20. The molecule has 128 valence electrons. The molecule has 0 heterocycles. The molecule has 1 aromatic rings. The van der Waals surface area contributed by atoms with Gasteiger partial charge in [-0.05, 0) is 19.9 Å². The van der Waals surface area contributed by atoms with E-state index in [9.17, 15) is 18.5 Å². The fourth-order valence-corrected chi connectivity index (χ4v) is 2.76. The number of nitro benzene ring substituents is 1. The normalized spacial score (nSPS) is 10.9. The number of sulfonamides is 1. The Kier molecular flexibility index (Phi) is 7.42. The average Bonchev–Trinajstić information content (AvgIpc) is 2.52. The smallest absolute Gasteiger partial charge is 0.270 e. The van der Waals surface area contributed by atoms with Crippen molar-refractivity contribution in [2.45, 2.75) is 18.7 Å². The highest BCUT2D eigenvalue weighted by molar-refractivity contribution is 7.89. The van der Waals surface area contributed by atoms with Gasteiger partial charge in [-0.15, -0.1) is 0 Å². The predicted molar refractivity (Wildman–Crippen MR) is 87.9 cm³/mol. The summed E-state index contributed by atoms with van der Waals surface area (Å²) >= 11 is 0. The lowest BCUT2D eigenvalue weighted by atomic mass is 10.3. The Bertz CT molecular complexity index is 652. The molecule has 1 rings (SSSR count). The molecule has 0 aliphatic rings. The molecule has 0 bridgehead atoms. The Morgan fingerprint density at radius 3 is 2.48 bits per heavy atom. The first-order valence-corrected chi connectivity index (χ1v) is 8.65. The number of aliphatic imine (C=N–C) groups is 1. The van der Waals surface area contributed by atoms with Crippen LogP contribution in [0.3, 0.4) is 0 Å². The van der Waals surface area contributed by atoms with E-state index in [4.69, 9.17) is 0 Å². The molecule has 0 aromatic heterocycles. The van der Waals surface area contributed by atoms with Crippen molar-refractivity contribution in [2.24, 2.45) is 4.99 Å². The molecule has 0 radical (unpaired) electrons. The van der Waals surface area contributed by atoms with E-state index in [0.717, 1.165) is 6.07 Å². The highest BCUT2D eigenvalue weighted by Crippen LogP contribution is 2.16. The van der Waals surface area contributed by atoms with E-state index in [-0.39, 0.29) is 23.7 Å². The zero-order valence-electron chi connectivity index (χ0n) is 13.1. The summed E-state index contributed by atoms with van der Waals surface area (Å²) in [5.41, 5.74) is -0.271. The van der Waals surface area contributed by atoms with E-state index in [0.29, 0.717) is 19.0 Å². The average molecular weight is 343 g/mol. The molecule has 23 heavy (non-hydrogen) atoms. The lowest BCUT2D eigenvalue weighted by Crippen LogP contribution is -2.37. The maximum Gasteiger partial charge on any atom is 0.270 e. The number of nitro groups is 1. The summed E-state index contributed by atoms with van der Waals surface area (Å²) in [7, 11) is -3.80. The Morgan fingerprint density at radius 1 is 1.26 bits per heavy atom. The van der Waals surface area contributed by atoms with Crippen molar-refractivity contribution in [3.63, 3.8) is 0 Å². The van der Waals surface area contributed by atoms with Gasteiger partial charge in [0.25, 0.3) is 5.69 Å². The van der Waals surface area contributed by atoms with Crippen LogP contribution in [0.4, 0.5) is 5.69 Å². The third-order valence-electron chi connectivity index (χ3n) is 2.70. The first kappa shape index (κ1) is 18.8. The van der Waals surface area contributed by atoms with Gasteiger partial charge < -0.3 is 10.6 Å². The quantitative estimate of drug-likeness (QED) is 0.207. The van der Waals surface area contributed by atoms with Crippen molar-refractivity contribution < 1.29 is 13.3 Å². The Morgan fingerprint density at radius 2 is 1.91 bits per heavy atom. The first-order chi connectivity index (χ1) is 10.9. The summed E-state index contributed by atoms with van der Waals surface area (Å²) in [6.07, 6.45) is 0. The molecule has 0 aliphatic carbocycles. The van der Waals surface area contributed by atoms with Crippen LogP contribution in [-0.4, -0.2) is 45.5 Å². The summed E-state index contributed by atoms with van der Waals surface area (Å²) in [5.74, 6) is 0.601. The molecule has 0 saturated carbocycles. The zero-order valence-corrected chi connectivity index (χ0v) is 13.9. The van der Waals surface area contributed by atoms with Crippen LogP contribution in [0.15, 0.2) is 34.2 Å². The van der Waals surface area contributed by atoms with Crippen molar-refractivity contribution in [3.05, 3.63) is 34.4 Å². The second-order valence-electron chi connectivity index (χ2n) is 4.44. The van der Waals surface area contributed by atoms with Gasteiger partial charge in [0.15, 0.2) is 5.96 Å². The van der Waals surface area contributed by atoms with Crippen LogP contribution < -0.4 is 15.4 Å². The van der Waals surface area contributed by atoms with Gasteiger partial charge in [0.1, 0.15) is 0 Å². The molecule has 3 N–H and O–H groups in total. The lowest BCUT2D eigenvalue weighted by Gasteiger charge is -2.09. The van der Waals surface area contributed by atoms with Crippen molar-refractivity contribution in [1.29, 1.82) is 0 Å². The van der Waals surface area contributed by atoms with Crippen LogP contribution in [0.2, 0.25) is 0 Å². The molecule has 0 atom stereocenters. The molecule has 0 amide bonds. The minimum atomic E-state index is -3.80. The van der Waals surface area contributed by atoms with Crippen molar-refractivity contribution >= 4 is 21.7 Å². The molecular weight excluding hydrogens is 322 g/mol. The molecule has 0 spiro atoms. The predicted octanol–water partition coefficient (Wildman–Crippen LogP) is 0.448. The van der Waals surface area contributed by atoms with Gasteiger partial charge in [0.2, 0.25) is 10.0 Å². The summed E-state index contributed by atoms with van der Waals surface area (Å²) in [4.78, 5) is 14.1. The standard InChI is InChI=1S/C13H21N5O4S/c1-3-14-13(15-4-2)16-8-9-17-23(21,22)12-7-5-6-11(10-12)18(19)20/h5-7,10,17H,3-4,8-9H2,1-2H3,(H2,14,15,16). The Balaban J connectivity index is 2.67. The Hall–Kier alpha value is -2.20. The van der Waals surface area contributed by atoms with Crippen LogP contribution in [-0.2, 0) is 10.0 Å². The van der Waals surface area contributed by atoms with E-state index in [1.807, 2.05) is 13.8 Å². The molecule has 10 heteroatoms. The number of nitrogens with zero attached hydrogens (tertiary/aromatic N) is 2. The monoisotopic (exact) mass is 343 g/mol. The molecule has 1 aromatic carbocycles. The van der Waals surface area contributed by atoms with Crippen molar-refractivity contribution in [1.82, 2.24) is 15.4 Å². The number of non-ortho nitro benzene ring substituents is 1. The third-order valence-corrected chi connectivity index (χ3v) is 4.16. The number of nitrogens with one attached hydrogen (secondary N) is 3. The SMILES string of the molecule is CCNC(=NCCNS(=O)(=O)c1cccc([N+](=O)[O-])c1)NCC. The van der Waals surface area contributed by atoms with E-state index >= 15 is 0 Å². The minimum absolute atomic E-state index is 0.0886. The van der Waals surface area contributed by atoms with Crippen LogP contribution in [0.1, 0.15) is 13.8 Å². The summed E-state index contributed by atoms with van der Waals surface area (Å²) in [6, 6.07) is 4.90. The highest BCUT2D eigenvalue weighted by atomic mass is 32.2. The van der Waals surface area contributed by atoms with Crippen LogP contribution in [0.25, 0.3) is 0 Å². The maximum atomic E-state index is 12.1. The molecule has 0 aliphatic heterocycles. The molecule has 0 unspecified atom stereocenters. The Labute approximate surface area is 135 Å². The summed E-state index contributed by atoms with van der Waals surface area (Å²) in [6.45, 7) is 5.58. The van der Waals surface area contributed by atoms with Gasteiger partial charge in [-0.3, -0.25) is 15.1 Å². The number of rotatable bonds is 8. The van der Waals surface area contributed by atoms with Gasteiger partial charge >= 0.3 is 0 Å². The number of benzene rings is 1. The van der Waals surface area contributed by atoms with Crippen molar-refractivity contribution in [3.8, 4) is 0 Å². The molecular formula is C13H21N5O4S. The van der Waals surface area contributed by atoms with Gasteiger partial charge in [-0.25, -0.2) is 13.1 Å². The lowest BCUT2D eigenvalue weighted by molar-refractivity contribution is -0.385. The molecule has 0 fully saturated rings. The summed E-state index contributed by atoms with van der Waals surface area (Å²) < 4.78 is 26.5. The maximum absolute atomic E-state index is 12.1. The fourth-order valence-electron chi connectivity index (χ4n) is 1.70. The van der Waals surface area contributed by atoms with Crippen LogP contribution in [0.5, 0.6) is 0 Å². The largest absolute Gasteiger partial charge is 0.357 e. The highest BCUT2D eigenvalue weighted by Gasteiger charge is 2.16. The minimum Gasteiger partial charge on any atom is -0.357 e. The van der Waals surface area contributed by atoms with Gasteiger partial charge in [-0.1, -0.05) is 6.07 Å². The van der Waals surface area contributed by atoms with E-state index < -0.39 is 14.9 Å². The topological polar surface area (TPSA) is 126 Å². The fraction of sp³-hybridized carbons (Fsp3) is 0.462. The van der Waals surface area contributed by atoms with Gasteiger partial charge in [0.05, 0.1) is 16.4 Å². The second kappa shape index (κ2) is 9.06.